The van der Waals surface area contributed by atoms with Crippen LogP contribution in [0.4, 0.5) is 0 Å². The SMILES string of the molecule is O=C(Cc1cccs1)NCc1ccc(-c2nc(C(=O)N3CC[C@@H](O)[C@H](O)C3)co2)cc1. The molecule has 3 aromatic rings. The third-order valence-corrected chi connectivity index (χ3v) is 6.04. The molecule has 0 bridgehead atoms. The number of hydrogen-bond donors (Lipinski definition) is 3. The van der Waals surface area contributed by atoms with Crippen molar-refractivity contribution in [2.24, 2.45) is 0 Å². The highest BCUT2D eigenvalue weighted by molar-refractivity contribution is 7.10. The van der Waals surface area contributed by atoms with Gasteiger partial charge in [0.2, 0.25) is 11.8 Å². The molecule has 2 aromatic heterocycles. The van der Waals surface area contributed by atoms with Gasteiger partial charge in [0.1, 0.15) is 6.26 Å². The highest BCUT2D eigenvalue weighted by atomic mass is 32.1. The third kappa shape index (κ3) is 5.19. The Kier molecular flexibility index (Phi) is 6.45. The molecule has 0 spiro atoms. The molecule has 31 heavy (non-hydrogen) atoms. The first-order chi connectivity index (χ1) is 15.0. The minimum Gasteiger partial charge on any atom is -0.444 e. The van der Waals surface area contributed by atoms with Gasteiger partial charge < -0.3 is 24.8 Å². The van der Waals surface area contributed by atoms with Gasteiger partial charge in [-0.3, -0.25) is 9.59 Å². The van der Waals surface area contributed by atoms with Crippen LogP contribution >= 0.6 is 11.3 Å². The van der Waals surface area contributed by atoms with Gasteiger partial charge in [-0.1, -0.05) is 18.2 Å². The Bertz CT molecular complexity index is 1030. The van der Waals surface area contributed by atoms with Gasteiger partial charge in [-0.15, -0.1) is 11.3 Å². The quantitative estimate of drug-likeness (QED) is 0.538. The van der Waals surface area contributed by atoms with E-state index in [1.54, 1.807) is 11.3 Å². The lowest BCUT2D eigenvalue weighted by Crippen LogP contribution is -2.49. The zero-order valence-corrected chi connectivity index (χ0v) is 17.5. The molecule has 8 nitrogen and oxygen atoms in total. The predicted octanol–water partition coefficient (Wildman–Crippen LogP) is 1.83. The lowest BCUT2D eigenvalue weighted by molar-refractivity contribution is -0.120. The van der Waals surface area contributed by atoms with Gasteiger partial charge in [-0.05, 0) is 35.6 Å². The summed E-state index contributed by atoms with van der Waals surface area (Å²) in [6, 6.07) is 11.2. The summed E-state index contributed by atoms with van der Waals surface area (Å²) in [7, 11) is 0. The molecule has 0 aliphatic carbocycles. The van der Waals surface area contributed by atoms with Crippen LogP contribution < -0.4 is 5.32 Å². The van der Waals surface area contributed by atoms with E-state index in [1.165, 1.54) is 11.2 Å². The minimum atomic E-state index is -0.956. The number of thiophene rings is 1. The van der Waals surface area contributed by atoms with E-state index in [0.29, 0.717) is 37.4 Å². The highest BCUT2D eigenvalue weighted by Gasteiger charge is 2.30. The number of aromatic nitrogens is 1. The third-order valence-electron chi connectivity index (χ3n) is 5.16. The summed E-state index contributed by atoms with van der Waals surface area (Å²) in [5, 5.41) is 24.2. The van der Waals surface area contributed by atoms with Gasteiger partial charge in [-0.2, -0.15) is 0 Å². The number of β-amino-alcohol motifs (C(OH)–C–C–N with tert-alkyl or cyclic N) is 1. The van der Waals surface area contributed by atoms with Gasteiger partial charge in [0, 0.05) is 30.1 Å². The number of likely N-dealkylation sites (tertiary alicyclic amines) is 1. The fourth-order valence-electron chi connectivity index (χ4n) is 3.37. The lowest BCUT2D eigenvalue weighted by atomic mass is 10.0. The maximum atomic E-state index is 12.6. The molecular weight excluding hydrogens is 418 g/mol. The van der Waals surface area contributed by atoms with Crippen LogP contribution in [0.1, 0.15) is 27.3 Å². The average Bonchev–Trinajstić information content (AvgIpc) is 3.46. The van der Waals surface area contributed by atoms with Crippen molar-refractivity contribution in [3.63, 3.8) is 0 Å². The fourth-order valence-corrected chi connectivity index (χ4v) is 4.07. The van der Waals surface area contributed by atoms with E-state index in [1.807, 2.05) is 41.8 Å². The lowest BCUT2D eigenvalue weighted by Gasteiger charge is -2.32. The average molecular weight is 442 g/mol. The highest BCUT2D eigenvalue weighted by Crippen LogP contribution is 2.21. The van der Waals surface area contributed by atoms with Crippen molar-refractivity contribution in [3.05, 3.63) is 64.2 Å². The number of rotatable bonds is 6. The van der Waals surface area contributed by atoms with Gasteiger partial charge in [0.15, 0.2) is 5.69 Å². The van der Waals surface area contributed by atoms with Gasteiger partial charge in [0.25, 0.3) is 5.91 Å². The number of nitrogens with zero attached hydrogens (tertiary/aromatic N) is 2. The summed E-state index contributed by atoms with van der Waals surface area (Å²) in [5.74, 6) is -0.0574. The first kappa shape index (κ1) is 21.2. The largest absolute Gasteiger partial charge is 0.444 e. The summed E-state index contributed by atoms with van der Waals surface area (Å²) in [5.41, 5.74) is 1.80. The van der Waals surface area contributed by atoms with Crippen molar-refractivity contribution < 1.29 is 24.2 Å². The molecule has 0 unspecified atom stereocenters. The Morgan fingerprint density at radius 2 is 2.00 bits per heavy atom. The van der Waals surface area contributed by atoms with Crippen LogP contribution in [0.5, 0.6) is 0 Å². The van der Waals surface area contributed by atoms with Crippen LogP contribution in [0.2, 0.25) is 0 Å². The number of nitrogens with one attached hydrogen (secondary N) is 1. The molecule has 1 fully saturated rings. The normalized spacial score (nSPS) is 18.7. The fraction of sp³-hybridized carbons (Fsp3) is 0.318. The van der Waals surface area contributed by atoms with Crippen molar-refractivity contribution in [1.29, 1.82) is 0 Å². The number of piperidine rings is 1. The van der Waals surface area contributed by atoms with Crippen LogP contribution in [0.3, 0.4) is 0 Å². The predicted molar refractivity (Wildman–Crippen MR) is 114 cm³/mol. The molecule has 162 valence electrons. The first-order valence-electron chi connectivity index (χ1n) is 9.99. The van der Waals surface area contributed by atoms with Crippen molar-refractivity contribution in [3.8, 4) is 11.5 Å². The summed E-state index contributed by atoms with van der Waals surface area (Å²) in [6.07, 6.45) is 0.227. The van der Waals surface area contributed by atoms with E-state index < -0.39 is 12.2 Å². The van der Waals surface area contributed by atoms with Crippen LogP contribution in [-0.2, 0) is 17.8 Å². The molecule has 1 aliphatic rings. The Morgan fingerprint density at radius 3 is 2.71 bits per heavy atom. The van der Waals surface area contributed by atoms with Crippen molar-refractivity contribution >= 4 is 23.2 Å². The Labute approximate surface area is 183 Å². The summed E-state index contributed by atoms with van der Waals surface area (Å²) in [6.45, 7) is 0.837. The van der Waals surface area contributed by atoms with Crippen LogP contribution in [0.15, 0.2) is 52.5 Å². The topological polar surface area (TPSA) is 116 Å². The molecular formula is C22H23N3O5S. The number of oxazole rings is 1. The van der Waals surface area contributed by atoms with E-state index >= 15 is 0 Å². The Hall–Kier alpha value is -3.01. The molecule has 9 heteroatoms. The van der Waals surface area contributed by atoms with E-state index in [-0.39, 0.29) is 24.1 Å². The smallest absolute Gasteiger partial charge is 0.275 e. The monoisotopic (exact) mass is 441 g/mol. The second-order valence-corrected chi connectivity index (χ2v) is 8.47. The number of hydrogen-bond acceptors (Lipinski definition) is 7. The van der Waals surface area contributed by atoms with E-state index in [4.69, 9.17) is 4.42 Å². The molecule has 2 amide bonds. The molecule has 1 aromatic carbocycles. The van der Waals surface area contributed by atoms with Gasteiger partial charge >= 0.3 is 0 Å². The maximum absolute atomic E-state index is 12.6. The second-order valence-electron chi connectivity index (χ2n) is 7.44. The van der Waals surface area contributed by atoms with Crippen LogP contribution in [0.25, 0.3) is 11.5 Å². The molecule has 2 atom stereocenters. The van der Waals surface area contributed by atoms with Gasteiger partial charge in [0.05, 0.1) is 18.6 Å². The number of carbonyl (C=O) groups is 2. The van der Waals surface area contributed by atoms with Crippen molar-refractivity contribution in [2.45, 2.75) is 31.6 Å². The number of aliphatic hydroxyl groups excluding tert-OH is 2. The molecule has 3 N–H and O–H groups in total. The van der Waals surface area contributed by atoms with Gasteiger partial charge in [-0.25, -0.2) is 4.98 Å². The summed E-state index contributed by atoms with van der Waals surface area (Å²) < 4.78 is 5.47. The molecule has 1 aliphatic heterocycles. The van der Waals surface area contributed by atoms with E-state index in [9.17, 15) is 19.8 Å². The number of benzene rings is 1. The molecule has 3 heterocycles. The maximum Gasteiger partial charge on any atom is 0.275 e. The number of carbonyl (C=O) groups excluding carboxylic acids is 2. The molecule has 4 rings (SSSR count). The number of amides is 2. The molecule has 1 saturated heterocycles. The standard InChI is InChI=1S/C22H23N3O5S/c26-18-7-8-25(12-19(18)27)22(29)17-13-30-21(24-17)15-5-3-14(4-6-15)11-23-20(28)10-16-2-1-9-31-16/h1-6,9,13,18-19,26-27H,7-8,10-12H2,(H,23,28)/t18-,19-/m1/s1. The van der Waals surface area contributed by atoms with Crippen LogP contribution in [-0.4, -0.2) is 57.2 Å². The minimum absolute atomic E-state index is 0.0299. The van der Waals surface area contributed by atoms with E-state index in [0.717, 1.165) is 10.4 Å². The van der Waals surface area contributed by atoms with Crippen molar-refractivity contribution in [2.75, 3.05) is 13.1 Å². The second kappa shape index (κ2) is 9.42. The molecule has 0 saturated carbocycles. The van der Waals surface area contributed by atoms with E-state index in [2.05, 4.69) is 10.3 Å². The Balaban J connectivity index is 1.33. The molecule has 0 radical (unpaired) electrons. The zero-order chi connectivity index (χ0) is 21.8. The first-order valence-corrected chi connectivity index (χ1v) is 10.9. The van der Waals surface area contributed by atoms with Crippen molar-refractivity contribution in [1.82, 2.24) is 15.2 Å². The summed E-state index contributed by atoms with van der Waals surface area (Å²) in [4.78, 5) is 31.4. The number of aliphatic hydroxyl groups is 2. The Morgan fingerprint density at radius 1 is 1.19 bits per heavy atom. The zero-order valence-electron chi connectivity index (χ0n) is 16.7. The van der Waals surface area contributed by atoms with Crippen LogP contribution in [0, 0.1) is 0 Å². The summed E-state index contributed by atoms with van der Waals surface area (Å²) >= 11 is 1.56.